The van der Waals surface area contributed by atoms with Gasteiger partial charge in [-0.25, -0.2) is 0 Å². The van der Waals surface area contributed by atoms with E-state index in [2.05, 4.69) is 12.2 Å². The minimum atomic E-state index is 0.424. The van der Waals surface area contributed by atoms with Gasteiger partial charge >= 0.3 is 0 Å². The maximum absolute atomic E-state index is 5.87. The average molecular weight is 208 g/mol. The van der Waals surface area contributed by atoms with Crippen LogP contribution in [-0.2, 0) is 6.54 Å². The molecule has 0 saturated heterocycles. The number of hydrogen-bond donors (Lipinski definition) is 2. The Morgan fingerprint density at radius 2 is 2.13 bits per heavy atom. The molecule has 0 amide bonds. The quantitative estimate of drug-likeness (QED) is 0.798. The van der Waals surface area contributed by atoms with E-state index in [0.29, 0.717) is 12.1 Å². The van der Waals surface area contributed by atoms with Crippen molar-refractivity contribution in [2.45, 2.75) is 51.2 Å². The Morgan fingerprint density at radius 3 is 2.73 bits per heavy atom. The van der Waals surface area contributed by atoms with Crippen LogP contribution < -0.4 is 11.1 Å². The Kier molecular flexibility index (Phi) is 3.44. The fourth-order valence-electron chi connectivity index (χ4n) is 2.15. The minimum Gasteiger partial charge on any atom is -0.468 e. The molecule has 1 aromatic heterocycles. The topological polar surface area (TPSA) is 51.2 Å². The largest absolute Gasteiger partial charge is 0.468 e. The summed E-state index contributed by atoms with van der Waals surface area (Å²) in [6.07, 6.45) is 6.44. The van der Waals surface area contributed by atoms with Crippen molar-refractivity contribution in [3.8, 4) is 0 Å². The summed E-state index contributed by atoms with van der Waals surface area (Å²) in [5.74, 6) is 1.06. The highest BCUT2D eigenvalue weighted by Crippen LogP contribution is 2.18. The van der Waals surface area contributed by atoms with Crippen LogP contribution in [0.4, 0.5) is 0 Å². The van der Waals surface area contributed by atoms with Gasteiger partial charge in [0.2, 0.25) is 0 Å². The second-order valence-electron chi connectivity index (χ2n) is 4.52. The number of nitrogens with two attached hydrogens (primary N) is 1. The summed E-state index contributed by atoms with van der Waals surface area (Å²) in [5.41, 5.74) is 7.10. The highest BCUT2D eigenvalue weighted by molar-refractivity contribution is 5.14. The van der Waals surface area contributed by atoms with Crippen LogP contribution in [0.2, 0.25) is 0 Å². The van der Waals surface area contributed by atoms with E-state index in [0.717, 1.165) is 25.1 Å². The first kappa shape index (κ1) is 10.7. The van der Waals surface area contributed by atoms with Crippen LogP contribution in [0.25, 0.3) is 0 Å². The third-order valence-corrected chi connectivity index (χ3v) is 3.29. The van der Waals surface area contributed by atoms with E-state index in [4.69, 9.17) is 10.2 Å². The lowest BCUT2D eigenvalue weighted by Crippen LogP contribution is -2.37. The molecular weight excluding hydrogens is 188 g/mol. The molecule has 1 saturated carbocycles. The predicted molar refractivity (Wildman–Crippen MR) is 60.5 cm³/mol. The number of furan rings is 1. The van der Waals surface area contributed by atoms with Crippen molar-refractivity contribution in [3.05, 3.63) is 23.7 Å². The molecule has 0 aromatic carbocycles. The van der Waals surface area contributed by atoms with E-state index in [-0.39, 0.29) is 0 Å². The second kappa shape index (κ2) is 4.81. The highest BCUT2D eigenvalue weighted by Gasteiger charge is 2.18. The molecule has 0 atom stereocenters. The third kappa shape index (κ3) is 2.83. The minimum absolute atomic E-state index is 0.424. The standard InChI is InChI=1S/C12H20N2O/c1-9-6-7-15-12(9)8-14-11-4-2-10(13)3-5-11/h6-7,10-11,14H,2-5,8,13H2,1H3. The van der Waals surface area contributed by atoms with Gasteiger partial charge in [0.05, 0.1) is 12.8 Å². The number of nitrogens with one attached hydrogen (secondary N) is 1. The maximum atomic E-state index is 5.87. The van der Waals surface area contributed by atoms with Gasteiger partial charge in [-0.2, -0.15) is 0 Å². The van der Waals surface area contributed by atoms with E-state index in [9.17, 15) is 0 Å². The molecule has 0 bridgehead atoms. The monoisotopic (exact) mass is 208 g/mol. The first-order chi connectivity index (χ1) is 7.25. The smallest absolute Gasteiger partial charge is 0.120 e. The third-order valence-electron chi connectivity index (χ3n) is 3.29. The zero-order valence-electron chi connectivity index (χ0n) is 9.33. The summed E-state index contributed by atoms with van der Waals surface area (Å²) >= 11 is 0. The summed E-state index contributed by atoms with van der Waals surface area (Å²) in [5, 5.41) is 3.54. The Labute approximate surface area is 91.0 Å². The summed E-state index contributed by atoms with van der Waals surface area (Å²) in [7, 11) is 0. The van der Waals surface area contributed by atoms with Crippen molar-refractivity contribution < 1.29 is 4.42 Å². The van der Waals surface area contributed by atoms with Crippen molar-refractivity contribution in [2.75, 3.05) is 0 Å². The number of hydrogen-bond acceptors (Lipinski definition) is 3. The first-order valence-corrected chi connectivity index (χ1v) is 5.77. The summed E-state index contributed by atoms with van der Waals surface area (Å²) < 4.78 is 5.39. The number of rotatable bonds is 3. The summed E-state index contributed by atoms with van der Waals surface area (Å²) in [6.45, 7) is 2.93. The van der Waals surface area contributed by atoms with Gasteiger partial charge in [-0.1, -0.05) is 0 Å². The predicted octanol–water partition coefficient (Wildman–Crippen LogP) is 1.95. The van der Waals surface area contributed by atoms with Crippen LogP contribution in [-0.4, -0.2) is 12.1 Å². The zero-order valence-corrected chi connectivity index (χ0v) is 9.33. The SMILES string of the molecule is Cc1ccoc1CNC1CCC(N)CC1. The van der Waals surface area contributed by atoms with Gasteiger partial charge in [0.25, 0.3) is 0 Å². The molecule has 0 spiro atoms. The molecule has 15 heavy (non-hydrogen) atoms. The summed E-state index contributed by atoms with van der Waals surface area (Å²) in [6, 6.07) is 3.05. The maximum Gasteiger partial charge on any atom is 0.120 e. The molecule has 3 N–H and O–H groups in total. The zero-order chi connectivity index (χ0) is 10.7. The Morgan fingerprint density at radius 1 is 1.40 bits per heavy atom. The molecule has 1 heterocycles. The highest BCUT2D eigenvalue weighted by atomic mass is 16.3. The Balaban J connectivity index is 1.77. The van der Waals surface area contributed by atoms with Crippen LogP contribution in [0.1, 0.15) is 37.0 Å². The van der Waals surface area contributed by atoms with Gasteiger partial charge in [0.1, 0.15) is 5.76 Å². The molecular formula is C12H20N2O. The molecule has 1 aromatic rings. The molecule has 0 aliphatic heterocycles. The van der Waals surface area contributed by atoms with Gasteiger partial charge in [-0.05, 0) is 44.2 Å². The van der Waals surface area contributed by atoms with Crippen molar-refractivity contribution in [3.63, 3.8) is 0 Å². The van der Waals surface area contributed by atoms with Crippen molar-refractivity contribution in [1.82, 2.24) is 5.32 Å². The van der Waals surface area contributed by atoms with Gasteiger partial charge in [-0.3, -0.25) is 0 Å². The molecule has 1 aliphatic carbocycles. The van der Waals surface area contributed by atoms with E-state index in [1.165, 1.54) is 18.4 Å². The van der Waals surface area contributed by atoms with Crippen LogP contribution in [0.3, 0.4) is 0 Å². The average Bonchev–Trinajstić information content (AvgIpc) is 2.63. The van der Waals surface area contributed by atoms with Crippen LogP contribution in [0, 0.1) is 6.92 Å². The normalized spacial score (nSPS) is 26.8. The van der Waals surface area contributed by atoms with Crippen molar-refractivity contribution in [1.29, 1.82) is 0 Å². The molecule has 84 valence electrons. The van der Waals surface area contributed by atoms with Crippen LogP contribution >= 0.6 is 0 Å². The molecule has 2 rings (SSSR count). The van der Waals surface area contributed by atoms with E-state index in [1.54, 1.807) is 6.26 Å². The van der Waals surface area contributed by atoms with Crippen LogP contribution in [0.5, 0.6) is 0 Å². The van der Waals surface area contributed by atoms with E-state index in [1.807, 2.05) is 6.07 Å². The molecule has 0 unspecified atom stereocenters. The summed E-state index contributed by atoms with van der Waals surface area (Å²) in [4.78, 5) is 0. The lowest BCUT2D eigenvalue weighted by atomic mass is 9.92. The van der Waals surface area contributed by atoms with E-state index < -0.39 is 0 Å². The fourth-order valence-corrected chi connectivity index (χ4v) is 2.15. The van der Waals surface area contributed by atoms with Gasteiger partial charge in [0.15, 0.2) is 0 Å². The Bertz CT molecular complexity index is 300. The van der Waals surface area contributed by atoms with Crippen molar-refractivity contribution in [2.24, 2.45) is 5.73 Å². The van der Waals surface area contributed by atoms with Gasteiger partial charge in [-0.15, -0.1) is 0 Å². The Hall–Kier alpha value is -0.800. The number of aryl methyl sites for hydroxylation is 1. The fraction of sp³-hybridized carbons (Fsp3) is 0.667. The lowest BCUT2D eigenvalue weighted by molar-refractivity contribution is 0.331. The van der Waals surface area contributed by atoms with Gasteiger partial charge in [0, 0.05) is 12.1 Å². The molecule has 0 radical (unpaired) electrons. The first-order valence-electron chi connectivity index (χ1n) is 5.77. The second-order valence-corrected chi connectivity index (χ2v) is 4.52. The molecule has 3 heteroatoms. The van der Waals surface area contributed by atoms with Gasteiger partial charge < -0.3 is 15.5 Å². The van der Waals surface area contributed by atoms with Crippen molar-refractivity contribution >= 4 is 0 Å². The lowest BCUT2D eigenvalue weighted by Gasteiger charge is -2.26. The van der Waals surface area contributed by atoms with E-state index >= 15 is 0 Å². The molecule has 1 fully saturated rings. The molecule has 3 nitrogen and oxygen atoms in total. The van der Waals surface area contributed by atoms with Crippen LogP contribution in [0.15, 0.2) is 16.7 Å². The molecule has 1 aliphatic rings.